The van der Waals surface area contributed by atoms with E-state index < -0.39 is 0 Å². The topological polar surface area (TPSA) is 72.0 Å². The van der Waals surface area contributed by atoms with Crippen LogP contribution in [0.2, 0.25) is 0 Å². The molecule has 1 aromatic heterocycles. The van der Waals surface area contributed by atoms with E-state index in [1.54, 1.807) is 11.7 Å². The fourth-order valence-corrected chi connectivity index (χ4v) is 7.81. The summed E-state index contributed by atoms with van der Waals surface area (Å²) >= 11 is 1.38. The van der Waals surface area contributed by atoms with E-state index in [0.717, 1.165) is 43.6 Å². The Morgan fingerprint density at radius 3 is 2.50 bits per heavy atom. The van der Waals surface area contributed by atoms with Crippen LogP contribution >= 0.6 is 11.3 Å². The quantitative estimate of drug-likeness (QED) is 0.414. The van der Waals surface area contributed by atoms with Crippen molar-refractivity contribution in [2.75, 3.05) is 46.0 Å². The van der Waals surface area contributed by atoms with E-state index in [-0.39, 0.29) is 34.5 Å². The maximum atomic E-state index is 13.3. The van der Waals surface area contributed by atoms with Gasteiger partial charge in [0.2, 0.25) is 5.91 Å². The second-order valence-corrected chi connectivity index (χ2v) is 13.8. The van der Waals surface area contributed by atoms with Crippen LogP contribution in [0.25, 0.3) is 10.8 Å². The first-order valence-electron chi connectivity index (χ1n) is 14.5. The van der Waals surface area contributed by atoms with Crippen molar-refractivity contribution in [1.29, 1.82) is 0 Å². The lowest BCUT2D eigenvalue weighted by atomic mass is 9.71. The summed E-state index contributed by atoms with van der Waals surface area (Å²) in [6, 6.07) is 12.9. The number of ether oxygens (including phenoxy) is 2. The molecule has 0 radical (unpaired) electrons. The second kappa shape index (κ2) is 9.84. The number of hydrogen-bond donors (Lipinski definition) is 0. The average Bonchev–Trinajstić information content (AvgIpc) is 3.32. The Kier molecular flexibility index (Phi) is 6.39. The molecular weight excluding hydrogens is 522 g/mol. The summed E-state index contributed by atoms with van der Waals surface area (Å²) in [5.41, 5.74) is 3.06. The molecule has 4 aliphatic rings. The highest BCUT2D eigenvalue weighted by atomic mass is 32.1. The molecule has 4 fully saturated rings. The van der Waals surface area contributed by atoms with Gasteiger partial charge in [-0.05, 0) is 47.6 Å². The van der Waals surface area contributed by atoms with Crippen LogP contribution in [0.15, 0.2) is 48.1 Å². The van der Waals surface area contributed by atoms with Gasteiger partial charge in [0.25, 0.3) is 5.91 Å². The van der Waals surface area contributed by atoms with Gasteiger partial charge in [0.1, 0.15) is 10.6 Å². The third-order valence-electron chi connectivity index (χ3n) is 9.89. The molecule has 7 nitrogen and oxygen atoms in total. The fourth-order valence-electron chi connectivity index (χ4n) is 7.22. The predicted octanol–water partition coefficient (Wildman–Crippen LogP) is 5.22. The fraction of sp³-hybridized carbons (Fsp3) is 0.531. The number of carbonyl (C=O) groups is 2. The summed E-state index contributed by atoms with van der Waals surface area (Å²) in [5, 5.41) is 2.39. The zero-order valence-electron chi connectivity index (χ0n) is 23.3. The van der Waals surface area contributed by atoms with Crippen LogP contribution in [0.1, 0.15) is 54.3 Å². The number of rotatable bonds is 6. The van der Waals surface area contributed by atoms with Gasteiger partial charge in [0.05, 0.1) is 18.3 Å². The van der Waals surface area contributed by atoms with E-state index >= 15 is 0 Å². The summed E-state index contributed by atoms with van der Waals surface area (Å²) in [6.45, 7) is 9.17. The first-order valence-corrected chi connectivity index (χ1v) is 15.4. The first-order chi connectivity index (χ1) is 19.3. The third-order valence-corrected chi connectivity index (χ3v) is 10.7. The molecule has 1 aliphatic carbocycles. The number of nitrogens with zero attached hydrogens (tertiary/aromatic N) is 3. The van der Waals surface area contributed by atoms with Gasteiger partial charge in [-0.1, -0.05) is 44.2 Å². The van der Waals surface area contributed by atoms with E-state index in [9.17, 15) is 9.59 Å². The Bertz CT molecular complexity index is 1430. The smallest absolute Gasteiger partial charge is 0.265 e. The molecule has 3 aromatic rings. The highest BCUT2D eigenvalue weighted by Crippen LogP contribution is 2.54. The molecular formula is C32H37N3O4S. The Hall–Kier alpha value is -2.97. The van der Waals surface area contributed by atoms with Crippen molar-refractivity contribution in [2.45, 2.75) is 39.0 Å². The largest absolute Gasteiger partial charge is 0.493 e. The number of benzene rings is 2. The lowest BCUT2D eigenvalue weighted by Crippen LogP contribution is -2.63. The number of aromatic nitrogens is 1. The minimum absolute atomic E-state index is 0.0312. The molecule has 0 N–H and O–H groups in total. The highest BCUT2D eigenvalue weighted by molar-refractivity contribution is 7.11. The number of likely N-dealkylation sites (tertiary alicyclic amines) is 2. The molecule has 2 atom stereocenters. The number of carbonyl (C=O) groups excluding carboxylic acids is 2. The minimum Gasteiger partial charge on any atom is -0.493 e. The van der Waals surface area contributed by atoms with Gasteiger partial charge < -0.3 is 19.3 Å². The van der Waals surface area contributed by atoms with E-state index in [4.69, 9.17) is 9.47 Å². The van der Waals surface area contributed by atoms with Crippen LogP contribution in [0, 0.1) is 22.7 Å². The molecule has 8 heteroatoms. The summed E-state index contributed by atoms with van der Waals surface area (Å²) in [5.74, 6) is 1.99. The van der Waals surface area contributed by atoms with Crippen molar-refractivity contribution >= 4 is 33.9 Å². The van der Waals surface area contributed by atoms with E-state index in [1.165, 1.54) is 22.3 Å². The van der Waals surface area contributed by atoms with Crippen molar-refractivity contribution in [3.8, 4) is 5.75 Å². The highest BCUT2D eigenvalue weighted by Gasteiger charge is 2.60. The molecule has 0 bridgehead atoms. The Balaban J connectivity index is 1.11. The maximum absolute atomic E-state index is 13.3. The number of fused-ring (bicyclic) bond motifs is 1. The van der Waals surface area contributed by atoms with Gasteiger partial charge in [-0.2, -0.15) is 0 Å². The molecule has 1 saturated carbocycles. The molecule has 3 saturated heterocycles. The molecule has 3 aliphatic heterocycles. The van der Waals surface area contributed by atoms with Gasteiger partial charge in [-0.25, -0.2) is 0 Å². The third kappa shape index (κ3) is 4.49. The van der Waals surface area contributed by atoms with Crippen LogP contribution in [0.5, 0.6) is 5.75 Å². The SMILES string of the molecule is CC1(C)C[C@@H]1C(=O)N1CC2(CN(C(=O)c3cncs3)C[C@H]2COc2cccc3c(C4CCOCC4)cccc23)C1. The van der Waals surface area contributed by atoms with Crippen molar-refractivity contribution in [3.05, 3.63) is 58.5 Å². The molecule has 210 valence electrons. The normalized spacial score (nSPS) is 25.2. The zero-order valence-corrected chi connectivity index (χ0v) is 24.1. The molecule has 1 spiro atoms. The summed E-state index contributed by atoms with van der Waals surface area (Å²) < 4.78 is 12.2. The van der Waals surface area contributed by atoms with Gasteiger partial charge in [0, 0.05) is 62.0 Å². The minimum atomic E-state index is -0.132. The van der Waals surface area contributed by atoms with E-state index in [0.29, 0.717) is 43.6 Å². The van der Waals surface area contributed by atoms with Crippen molar-refractivity contribution in [3.63, 3.8) is 0 Å². The number of thiazole rings is 1. The van der Waals surface area contributed by atoms with Crippen LogP contribution in [0.4, 0.5) is 0 Å². The summed E-state index contributed by atoms with van der Waals surface area (Å²) in [4.78, 5) is 35.2. The predicted molar refractivity (Wildman–Crippen MR) is 155 cm³/mol. The van der Waals surface area contributed by atoms with Gasteiger partial charge in [-0.15, -0.1) is 11.3 Å². The first kappa shape index (κ1) is 26.0. The molecule has 7 rings (SSSR count). The van der Waals surface area contributed by atoms with Crippen LogP contribution in [0.3, 0.4) is 0 Å². The molecule has 0 unspecified atom stereocenters. The van der Waals surface area contributed by atoms with Gasteiger partial charge in [-0.3, -0.25) is 14.6 Å². The van der Waals surface area contributed by atoms with Crippen molar-refractivity contribution in [2.24, 2.45) is 22.7 Å². The lowest BCUT2D eigenvalue weighted by Gasteiger charge is -2.51. The monoisotopic (exact) mass is 559 g/mol. The number of amides is 2. The Morgan fingerprint density at radius 1 is 1.05 bits per heavy atom. The van der Waals surface area contributed by atoms with Gasteiger partial charge >= 0.3 is 0 Å². The Labute approximate surface area is 239 Å². The molecule has 2 aromatic carbocycles. The van der Waals surface area contributed by atoms with E-state index in [2.05, 4.69) is 55.2 Å². The summed E-state index contributed by atoms with van der Waals surface area (Å²) in [6.07, 6.45) is 4.72. The van der Waals surface area contributed by atoms with Gasteiger partial charge in [0.15, 0.2) is 0 Å². The van der Waals surface area contributed by atoms with E-state index in [1.807, 2.05) is 9.80 Å². The standard InChI is InChI=1S/C32H37N3O4S/c1-31(2)13-26(31)29(36)35-18-32(19-35)17-34(30(37)28-14-33-20-40-28)15-22(32)16-39-27-8-4-6-24-23(5-3-7-25(24)27)21-9-11-38-12-10-21/h3-8,14,20-22,26H,9-13,15-19H2,1-2H3/t22-,26+/m0/s1. The number of hydrogen-bond acceptors (Lipinski definition) is 6. The van der Waals surface area contributed by atoms with Crippen LogP contribution in [-0.2, 0) is 9.53 Å². The maximum Gasteiger partial charge on any atom is 0.265 e. The average molecular weight is 560 g/mol. The Morgan fingerprint density at radius 2 is 1.77 bits per heavy atom. The zero-order chi connectivity index (χ0) is 27.5. The summed E-state index contributed by atoms with van der Waals surface area (Å²) in [7, 11) is 0. The van der Waals surface area contributed by atoms with Crippen LogP contribution < -0.4 is 4.74 Å². The molecule has 4 heterocycles. The van der Waals surface area contributed by atoms with Crippen LogP contribution in [-0.4, -0.2) is 72.6 Å². The molecule has 2 amide bonds. The lowest BCUT2D eigenvalue weighted by molar-refractivity contribution is -0.148. The second-order valence-electron chi connectivity index (χ2n) is 12.9. The molecule has 40 heavy (non-hydrogen) atoms. The van der Waals surface area contributed by atoms with Crippen molar-refractivity contribution < 1.29 is 19.1 Å². The van der Waals surface area contributed by atoms with Crippen molar-refractivity contribution in [1.82, 2.24) is 14.8 Å².